The van der Waals surface area contributed by atoms with E-state index in [1.54, 1.807) is 0 Å². The summed E-state index contributed by atoms with van der Waals surface area (Å²) in [6, 6.07) is 4.90. The molecule has 0 unspecified atom stereocenters. The van der Waals surface area contributed by atoms with Crippen LogP contribution in [0.15, 0.2) is 18.2 Å². The number of nitrogens with two attached hydrogens (primary N) is 1. The molecular formula is C13H18FN3O. The third-order valence-electron chi connectivity index (χ3n) is 3.06. The summed E-state index contributed by atoms with van der Waals surface area (Å²) in [5.74, 6) is -0.170. The maximum Gasteiger partial charge on any atom is 0.221 e. The van der Waals surface area contributed by atoms with Crippen LogP contribution in [0.25, 0.3) is 0 Å². The molecule has 4 nitrogen and oxygen atoms in total. The van der Waals surface area contributed by atoms with Crippen molar-refractivity contribution in [2.45, 2.75) is 19.5 Å². The van der Waals surface area contributed by atoms with Gasteiger partial charge in [0.2, 0.25) is 5.91 Å². The van der Waals surface area contributed by atoms with Crippen molar-refractivity contribution in [1.29, 1.82) is 0 Å². The van der Waals surface area contributed by atoms with E-state index >= 15 is 0 Å². The first-order valence-corrected chi connectivity index (χ1v) is 6.15. The third-order valence-corrected chi connectivity index (χ3v) is 3.06. The Bertz CT molecular complexity index is 436. The maximum atomic E-state index is 13.4. The van der Waals surface area contributed by atoms with E-state index in [9.17, 15) is 9.18 Å². The fourth-order valence-electron chi connectivity index (χ4n) is 2.16. The molecule has 3 N–H and O–H groups in total. The van der Waals surface area contributed by atoms with E-state index < -0.39 is 0 Å². The van der Waals surface area contributed by atoms with Gasteiger partial charge in [-0.25, -0.2) is 4.39 Å². The van der Waals surface area contributed by atoms with Crippen LogP contribution in [0.2, 0.25) is 0 Å². The second-order valence-electron chi connectivity index (χ2n) is 4.55. The fraction of sp³-hybridized carbons (Fsp3) is 0.462. The number of nitrogens with zero attached hydrogens (tertiary/aromatic N) is 1. The van der Waals surface area contributed by atoms with E-state index in [1.165, 1.54) is 12.1 Å². The third kappa shape index (κ3) is 3.51. The molecule has 0 atom stereocenters. The molecule has 1 heterocycles. The molecule has 0 aliphatic carbocycles. The van der Waals surface area contributed by atoms with Gasteiger partial charge in [-0.05, 0) is 23.3 Å². The molecule has 1 saturated heterocycles. The van der Waals surface area contributed by atoms with Crippen molar-refractivity contribution in [2.24, 2.45) is 5.73 Å². The number of carbonyl (C=O) groups excluding carboxylic acids is 1. The van der Waals surface area contributed by atoms with Crippen molar-refractivity contribution in [3.8, 4) is 0 Å². The Morgan fingerprint density at radius 1 is 1.28 bits per heavy atom. The predicted octanol–water partition coefficient (Wildman–Crippen LogP) is 0.606. The van der Waals surface area contributed by atoms with Crippen molar-refractivity contribution >= 4 is 5.91 Å². The molecule has 2 rings (SSSR count). The van der Waals surface area contributed by atoms with Crippen molar-refractivity contribution in [3.63, 3.8) is 0 Å². The highest BCUT2D eigenvalue weighted by atomic mass is 19.1. The lowest BCUT2D eigenvalue weighted by Gasteiger charge is -2.19. The number of hydrogen-bond donors (Lipinski definition) is 2. The first kappa shape index (κ1) is 13.0. The minimum absolute atomic E-state index is 0.0828. The molecular weight excluding hydrogens is 233 g/mol. The highest BCUT2D eigenvalue weighted by Crippen LogP contribution is 2.12. The number of nitrogens with one attached hydrogen (secondary N) is 1. The van der Waals surface area contributed by atoms with E-state index in [-0.39, 0.29) is 11.7 Å². The van der Waals surface area contributed by atoms with E-state index in [4.69, 9.17) is 5.73 Å². The van der Waals surface area contributed by atoms with Crippen LogP contribution in [0.1, 0.15) is 17.5 Å². The van der Waals surface area contributed by atoms with Crippen LogP contribution in [-0.2, 0) is 17.9 Å². The highest BCUT2D eigenvalue weighted by molar-refractivity contribution is 5.76. The molecule has 5 heteroatoms. The number of benzene rings is 1. The molecule has 0 aromatic heterocycles. The van der Waals surface area contributed by atoms with Gasteiger partial charge in [-0.1, -0.05) is 6.07 Å². The zero-order valence-electron chi connectivity index (χ0n) is 10.3. The molecule has 0 spiro atoms. The number of rotatable bonds is 3. The summed E-state index contributed by atoms with van der Waals surface area (Å²) in [5, 5.41) is 2.82. The first-order valence-electron chi connectivity index (χ1n) is 6.15. The van der Waals surface area contributed by atoms with Crippen LogP contribution in [0.3, 0.4) is 0 Å². The molecule has 1 aliphatic heterocycles. The zero-order chi connectivity index (χ0) is 13.0. The molecule has 0 radical (unpaired) electrons. The molecule has 1 aromatic rings. The minimum Gasteiger partial charge on any atom is -0.355 e. The Labute approximate surface area is 106 Å². The Morgan fingerprint density at radius 2 is 2.06 bits per heavy atom. The van der Waals surface area contributed by atoms with Crippen molar-refractivity contribution in [3.05, 3.63) is 35.1 Å². The Hall–Kier alpha value is -1.46. The standard InChI is InChI=1S/C13H18FN3O/c14-12-6-10(8-15)5-11(7-12)9-17-3-1-13(18)16-2-4-17/h5-7H,1-4,8-9,15H2,(H,16,18). The van der Waals surface area contributed by atoms with Gasteiger partial charge < -0.3 is 11.1 Å². The lowest BCUT2D eigenvalue weighted by molar-refractivity contribution is -0.120. The van der Waals surface area contributed by atoms with Crippen LogP contribution in [0.4, 0.5) is 4.39 Å². The topological polar surface area (TPSA) is 58.4 Å². The Kier molecular flexibility index (Phi) is 4.28. The Morgan fingerprint density at radius 3 is 2.83 bits per heavy atom. The number of carbonyl (C=O) groups is 1. The molecule has 0 bridgehead atoms. The second-order valence-corrected chi connectivity index (χ2v) is 4.55. The molecule has 1 amide bonds. The molecule has 1 aliphatic rings. The van der Waals surface area contributed by atoms with Crippen LogP contribution in [-0.4, -0.2) is 30.4 Å². The molecule has 1 fully saturated rings. The molecule has 98 valence electrons. The van der Waals surface area contributed by atoms with E-state index in [1.807, 2.05) is 6.07 Å². The fourth-order valence-corrected chi connectivity index (χ4v) is 2.16. The predicted molar refractivity (Wildman–Crippen MR) is 67.2 cm³/mol. The zero-order valence-corrected chi connectivity index (χ0v) is 10.3. The molecule has 1 aromatic carbocycles. The quantitative estimate of drug-likeness (QED) is 0.827. The lowest BCUT2D eigenvalue weighted by Crippen LogP contribution is -2.28. The van der Waals surface area contributed by atoms with Crippen molar-refractivity contribution in [1.82, 2.24) is 10.2 Å². The van der Waals surface area contributed by atoms with Crippen LogP contribution < -0.4 is 11.1 Å². The summed E-state index contributed by atoms with van der Waals surface area (Å²) in [7, 11) is 0. The van der Waals surface area contributed by atoms with Gasteiger partial charge in [0.25, 0.3) is 0 Å². The van der Waals surface area contributed by atoms with Gasteiger partial charge in [0, 0.05) is 39.1 Å². The van der Waals surface area contributed by atoms with Crippen LogP contribution in [0.5, 0.6) is 0 Å². The van der Waals surface area contributed by atoms with Gasteiger partial charge in [0.15, 0.2) is 0 Å². The highest BCUT2D eigenvalue weighted by Gasteiger charge is 2.13. The number of hydrogen-bond acceptors (Lipinski definition) is 3. The summed E-state index contributed by atoms with van der Waals surface area (Å²) in [5.41, 5.74) is 7.24. The van der Waals surface area contributed by atoms with E-state index in [2.05, 4.69) is 10.2 Å². The van der Waals surface area contributed by atoms with Crippen molar-refractivity contribution in [2.75, 3.05) is 19.6 Å². The first-order chi connectivity index (χ1) is 8.67. The normalized spacial score (nSPS) is 17.3. The summed E-state index contributed by atoms with van der Waals surface area (Å²) >= 11 is 0. The minimum atomic E-state index is -0.253. The van der Waals surface area contributed by atoms with Gasteiger partial charge >= 0.3 is 0 Å². The van der Waals surface area contributed by atoms with Gasteiger partial charge in [-0.3, -0.25) is 9.69 Å². The Balaban J connectivity index is 2.04. The average Bonchev–Trinajstić information content (AvgIpc) is 2.54. The van der Waals surface area contributed by atoms with Crippen molar-refractivity contribution < 1.29 is 9.18 Å². The van der Waals surface area contributed by atoms with Crippen LogP contribution >= 0.6 is 0 Å². The maximum absolute atomic E-state index is 13.4. The second kappa shape index (κ2) is 5.93. The number of amides is 1. The molecule has 18 heavy (non-hydrogen) atoms. The SMILES string of the molecule is NCc1cc(F)cc(CN2CCNC(=O)CC2)c1. The number of halogens is 1. The van der Waals surface area contributed by atoms with Crippen LogP contribution in [0, 0.1) is 5.82 Å². The van der Waals surface area contributed by atoms with Gasteiger partial charge in [0.05, 0.1) is 0 Å². The molecule has 0 saturated carbocycles. The average molecular weight is 251 g/mol. The summed E-state index contributed by atoms with van der Waals surface area (Å²) in [6.45, 7) is 3.14. The summed E-state index contributed by atoms with van der Waals surface area (Å²) < 4.78 is 13.4. The lowest BCUT2D eigenvalue weighted by atomic mass is 10.1. The summed E-state index contributed by atoms with van der Waals surface area (Å²) in [6.07, 6.45) is 0.499. The summed E-state index contributed by atoms with van der Waals surface area (Å²) in [4.78, 5) is 13.4. The van der Waals surface area contributed by atoms with E-state index in [0.717, 1.165) is 17.7 Å². The monoisotopic (exact) mass is 251 g/mol. The van der Waals surface area contributed by atoms with Gasteiger partial charge in [-0.2, -0.15) is 0 Å². The van der Waals surface area contributed by atoms with Gasteiger partial charge in [0.1, 0.15) is 5.82 Å². The van der Waals surface area contributed by atoms with E-state index in [0.29, 0.717) is 32.6 Å². The smallest absolute Gasteiger partial charge is 0.221 e. The van der Waals surface area contributed by atoms with Gasteiger partial charge in [-0.15, -0.1) is 0 Å². The largest absolute Gasteiger partial charge is 0.355 e.